The fourth-order valence-electron chi connectivity index (χ4n) is 1.80. The summed E-state index contributed by atoms with van der Waals surface area (Å²) in [4.78, 5) is 2.46. The molecule has 1 atom stereocenters. The van der Waals surface area contributed by atoms with Gasteiger partial charge in [0.05, 0.1) is 0 Å². The van der Waals surface area contributed by atoms with Gasteiger partial charge in [-0.3, -0.25) is 4.90 Å². The lowest BCUT2D eigenvalue weighted by molar-refractivity contribution is 0.0628. The molecule has 1 heterocycles. The second kappa shape index (κ2) is 4.40. The summed E-state index contributed by atoms with van der Waals surface area (Å²) in [5, 5.41) is 12.4. The number of hydrogen-bond donors (Lipinski definition) is 2. The molecule has 3 nitrogen and oxygen atoms in total. The first-order valence-electron chi connectivity index (χ1n) is 5.13. The summed E-state index contributed by atoms with van der Waals surface area (Å²) >= 11 is 0. The number of hydrogen-bond acceptors (Lipinski definition) is 3. The molecular weight excluding hydrogens is 164 g/mol. The van der Waals surface area contributed by atoms with Crippen molar-refractivity contribution in [1.82, 2.24) is 10.2 Å². The lowest BCUT2D eigenvalue weighted by atomic mass is 9.98. The van der Waals surface area contributed by atoms with Gasteiger partial charge < -0.3 is 10.4 Å². The number of aliphatic hydroxyl groups is 1. The van der Waals surface area contributed by atoms with Crippen molar-refractivity contribution in [3.8, 4) is 0 Å². The maximum Gasteiger partial charge on any atom is 0.0468 e. The van der Waals surface area contributed by atoms with Gasteiger partial charge in [-0.15, -0.1) is 0 Å². The van der Waals surface area contributed by atoms with Crippen LogP contribution in [0.3, 0.4) is 0 Å². The molecule has 0 bridgehead atoms. The van der Waals surface area contributed by atoms with Crippen LogP contribution < -0.4 is 5.32 Å². The van der Waals surface area contributed by atoms with Crippen molar-refractivity contribution in [2.24, 2.45) is 5.92 Å². The molecule has 1 rings (SSSR count). The van der Waals surface area contributed by atoms with Crippen molar-refractivity contribution < 1.29 is 5.11 Å². The topological polar surface area (TPSA) is 35.5 Å². The number of piperazine rings is 1. The minimum absolute atomic E-state index is 0.238. The summed E-state index contributed by atoms with van der Waals surface area (Å²) in [5.41, 5.74) is 0.238. The molecule has 0 amide bonds. The van der Waals surface area contributed by atoms with Gasteiger partial charge in [0.25, 0.3) is 0 Å². The molecule has 1 fully saturated rings. The highest BCUT2D eigenvalue weighted by Crippen LogP contribution is 2.17. The van der Waals surface area contributed by atoms with E-state index in [1.165, 1.54) is 0 Å². The van der Waals surface area contributed by atoms with Crippen LogP contribution in [0, 0.1) is 5.92 Å². The molecule has 0 aromatic carbocycles. The second-order valence-electron chi connectivity index (χ2n) is 4.72. The molecule has 0 spiro atoms. The van der Waals surface area contributed by atoms with Crippen LogP contribution in [0.2, 0.25) is 0 Å². The van der Waals surface area contributed by atoms with Gasteiger partial charge in [-0.05, 0) is 19.8 Å². The molecule has 1 aliphatic heterocycles. The van der Waals surface area contributed by atoms with E-state index >= 15 is 0 Å². The first-order valence-corrected chi connectivity index (χ1v) is 5.13. The minimum atomic E-state index is 0.238. The van der Waals surface area contributed by atoms with Crippen molar-refractivity contribution in [3.63, 3.8) is 0 Å². The van der Waals surface area contributed by atoms with Crippen molar-refractivity contribution in [2.75, 3.05) is 32.8 Å². The number of nitrogens with one attached hydrogen (secondary N) is 1. The standard InChI is InChI=1S/C10H22N2O/c1-9(7-13)6-12-5-4-11-8-10(12,2)3/h9,11,13H,4-8H2,1-3H3. The van der Waals surface area contributed by atoms with Gasteiger partial charge in [0, 0.05) is 38.3 Å². The van der Waals surface area contributed by atoms with E-state index in [1.807, 2.05) is 0 Å². The predicted molar refractivity (Wildman–Crippen MR) is 54.8 cm³/mol. The number of nitrogens with zero attached hydrogens (tertiary/aromatic N) is 1. The SMILES string of the molecule is CC(CO)CN1CCNCC1(C)C. The van der Waals surface area contributed by atoms with E-state index in [2.05, 4.69) is 31.0 Å². The Labute approximate surface area is 81.1 Å². The summed E-state index contributed by atoms with van der Waals surface area (Å²) in [5.74, 6) is 0.386. The first kappa shape index (κ1) is 11.0. The quantitative estimate of drug-likeness (QED) is 0.665. The van der Waals surface area contributed by atoms with E-state index < -0.39 is 0 Å². The Morgan fingerprint density at radius 2 is 2.23 bits per heavy atom. The van der Waals surface area contributed by atoms with E-state index in [-0.39, 0.29) is 5.54 Å². The molecule has 0 aromatic rings. The van der Waals surface area contributed by atoms with Crippen LogP contribution in [0.25, 0.3) is 0 Å². The largest absolute Gasteiger partial charge is 0.396 e. The van der Waals surface area contributed by atoms with Crippen LogP contribution in [-0.2, 0) is 0 Å². The highest BCUT2D eigenvalue weighted by molar-refractivity contribution is 4.88. The maximum absolute atomic E-state index is 8.99. The Morgan fingerprint density at radius 1 is 1.54 bits per heavy atom. The summed E-state index contributed by atoms with van der Waals surface area (Å²) in [6.07, 6.45) is 0. The predicted octanol–water partition coefficient (Wildman–Crippen LogP) is 0.299. The third-order valence-electron chi connectivity index (χ3n) is 2.82. The van der Waals surface area contributed by atoms with Crippen LogP contribution in [-0.4, -0.2) is 48.3 Å². The third-order valence-corrected chi connectivity index (χ3v) is 2.82. The summed E-state index contributed by atoms with van der Waals surface area (Å²) < 4.78 is 0. The monoisotopic (exact) mass is 186 g/mol. The molecule has 78 valence electrons. The summed E-state index contributed by atoms with van der Waals surface area (Å²) in [6, 6.07) is 0. The third kappa shape index (κ3) is 2.93. The molecule has 1 aliphatic rings. The van der Waals surface area contributed by atoms with E-state index in [4.69, 9.17) is 5.11 Å². The molecule has 3 heteroatoms. The fraction of sp³-hybridized carbons (Fsp3) is 1.00. The van der Waals surface area contributed by atoms with Crippen LogP contribution in [0.5, 0.6) is 0 Å². The van der Waals surface area contributed by atoms with E-state index in [0.29, 0.717) is 12.5 Å². The molecule has 0 radical (unpaired) electrons. The molecule has 0 saturated carbocycles. The van der Waals surface area contributed by atoms with Crippen molar-refractivity contribution >= 4 is 0 Å². The highest BCUT2D eigenvalue weighted by Gasteiger charge is 2.29. The fourth-order valence-corrected chi connectivity index (χ4v) is 1.80. The summed E-state index contributed by atoms with van der Waals surface area (Å²) in [7, 11) is 0. The lowest BCUT2D eigenvalue weighted by Crippen LogP contribution is -2.58. The zero-order chi connectivity index (χ0) is 9.90. The Balaban J connectivity index is 2.46. The van der Waals surface area contributed by atoms with Gasteiger partial charge in [0.1, 0.15) is 0 Å². The van der Waals surface area contributed by atoms with Gasteiger partial charge in [0.15, 0.2) is 0 Å². The smallest absolute Gasteiger partial charge is 0.0468 e. The van der Waals surface area contributed by atoms with E-state index in [9.17, 15) is 0 Å². The van der Waals surface area contributed by atoms with Crippen molar-refractivity contribution in [3.05, 3.63) is 0 Å². The first-order chi connectivity index (χ1) is 6.06. The number of rotatable bonds is 3. The van der Waals surface area contributed by atoms with E-state index in [0.717, 1.165) is 26.2 Å². The van der Waals surface area contributed by atoms with Gasteiger partial charge in [-0.2, -0.15) is 0 Å². The van der Waals surface area contributed by atoms with Crippen LogP contribution in [0.4, 0.5) is 0 Å². The zero-order valence-corrected chi connectivity index (χ0v) is 9.01. The molecule has 0 aromatic heterocycles. The van der Waals surface area contributed by atoms with Gasteiger partial charge in [-0.1, -0.05) is 6.92 Å². The minimum Gasteiger partial charge on any atom is -0.396 e. The zero-order valence-electron chi connectivity index (χ0n) is 9.01. The molecule has 1 saturated heterocycles. The van der Waals surface area contributed by atoms with Crippen molar-refractivity contribution in [1.29, 1.82) is 0 Å². The van der Waals surface area contributed by atoms with Crippen LogP contribution >= 0.6 is 0 Å². The van der Waals surface area contributed by atoms with Crippen LogP contribution in [0.15, 0.2) is 0 Å². The van der Waals surface area contributed by atoms with Gasteiger partial charge in [-0.25, -0.2) is 0 Å². The van der Waals surface area contributed by atoms with Gasteiger partial charge >= 0.3 is 0 Å². The molecule has 0 aliphatic carbocycles. The van der Waals surface area contributed by atoms with Gasteiger partial charge in [0.2, 0.25) is 0 Å². The Kier molecular flexibility index (Phi) is 3.71. The Hall–Kier alpha value is -0.120. The molecular formula is C10H22N2O. The maximum atomic E-state index is 8.99. The average molecular weight is 186 g/mol. The van der Waals surface area contributed by atoms with Crippen molar-refractivity contribution in [2.45, 2.75) is 26.3 Å². The summed E-state index contributed by atoms with van der Waals surface area (Å²) in [6.45, 7) is 11.1. The number of aliphatic hydroxyl groups excluding tert-OH is 1. The average Bonchev–Trinajstić information content (AvgIpc) is 2.08. The second-order valence-corrected chi connectivity index (χ2v) is 4.72. The normalized spacial score (nSPS) is 25.8. The molecule has 2 N–H and O–H groups in total. The highest BCUT2D eigenvalue weighted by atomic mass is 16.3. The Bertz CT molecular complexity index is 159. The molecule has 1 unspecified atom stereocenters. The van der Waals surface area contributed by atoms with Crippen LogP contribution in [0.1, 0.15) is 20.8 Å². The van der Waals surface area contributed by atoms with E-state index in [1.54, 1.807) is 0 Å². The Morgan fingerprint density at radius 3 is 2.77 bits per heavy atom. The lowest BCUT2D eigenvalue weighted by Gasteiger charge is -2.43. The molecule has 13 heavy (non-hydrogen) atoms.